The molecule has 0 saturated heterocycles. The highest BCUT2D eigenvalue weighted by Gasteiger charge is 2.33. The fourth-order valence-corrected chi connectivity index (χ4v) is 4.10. The summed E-state index contributed by atoms with van der Waals surface area (Å²) in [5.41, 5.74) is -0.108. The van der Waals surface area contributed by atoms with Crippen molar-refractivity contribution in [2.24, 2.45) is 5.92 Å². The molecule has 18 heavy (non-hydrogen) atoms. The molecule has 5 nitrogen and oxygen atoms in total. The highest BCUT2D eigenvalue weighted by molar-refractivity contribution is 7.99. The Balaban J connectivity index is 2.13. The molecule has 0 spiro atoms. The fourth-order valence-electron chi connectivity index (χ4n) is 2.67. The summed E-state index contributed by atoms with van der Waals surface area (Å²) in [6.45, 7) is 6.29. The number of hydrogen-bond acceptors (Lipinski definition) is 4. The van der Waals surface area contributed by atoms with Crippen LogP contribution in [0.5, 0.6) is 0 Å². The third kappa shape index (κ3) is 2.49. The predicted octanol–water partition coefficient (Wildman–Crippen LogP) is 1.63. The zero-order valence-corrected chi connectivity index (χ0v) is 12.3. The first-order chi connectivity index (χ1) is 8.54. The van der Waals surface area contributed by atoms with Gasteiger partial charge in [0.1, 0.15) is 0 Å². The van der Waals surface area contributed by atoms with Gasteiger partial charge in [-0.2, -0.15) is 0 Å². The van der Waals surface area contributed by atoms with Crippen molar-refractivity contribution in [3.05, 3.63) is 10.5 Å². The van der Waals surface area contributed by atoms with Crippen LogP contribution < -0.4 is 11.0 Å². The third-order valence-electron chi connectivity index (χ3n) is 3.80. The van der Waals surface area contributed by atoms with Crippen molar-refractivity contribution < 1.29 is 0 Å². The molecular formula is C12H22N4OS. The van der Waals surface area contributed by atoms with E-state index in [2.05, 4.69) is 22.4 Å². The number of H-pyrrole nitrogens is 1. The lowest BCUT2D eigenvalue weighted by Crippen LogP contribution is -2.30. The Morgan fingerprint density at radius 1 is 1.50 bits per heavy atom. The summed E-state index contributed by atoms with van der Waals surface area (Å²) >= 11 is 1.73. The molecule has 1 fully saturated rings. The van der Waals surface area contributed by atoms with Gasteiger partial charge >= 0.3 is 5.69 Å². The Bertz CT molecular complexity index is 453. The van der Waals surface area contributed by atoms with Crippen LogP contribution in [0.2, 0.25) is 0 Å². The van der Waals surface area contributed by atoms with Crippen LogP contribution in [0.25, 0.3) is 0 Å². The number of thioether (sulfide) groups is 1. The number of nitrogens with one attached hydrogen (secondary N) is 2. The van der Waals surface area contributed by atoms with Crippen LogP contribution in [0, 0.1) is 5.92 Å². The monoisotopic (exact) mass is 270 g/mol. The molecule has 2 rings (SSSR count). The van der Waals surface area contributed by atoms with Gasteiger partial charge in [-0.15, -0.1) is 5.10 Å². The van der Waals surface area contributed by atoms with E-state index in [1.54, 1.807) is 16.3 Å². The maximum Gasteiger partial charge on any atom is 0.344 e. The van der Waals surface area contributed by atoms with Crippen molar-refractivity contribution in [1.82, 2.24) is 20.1 Å². The summed E-state index contributed by atoms with van der Waals surface area (Å²) in [6.07, 6.45) is 2.38. The van der Waals surface area contributed by atoms with Crippen molar-refractivity contribution in [2.75, 3.05) is 7.05 Å². The Labute approximate surface area is 112 Å². The Kier molecular flexibility index (Phi) is 4.17. The summed E-state index contributed by atoms with van der Waals surface area (Å²) < 4.78 is 1.74. The fraction of sp³-hybridized carbons (Fsp3) is 0.833. The molecule has 1 aromatic rings. The predicted molar refractivity (Wildman–Crippen MR) is 74.1 cm³/mol. The van der Waals surface area contributed by atoms with E-state index in [0.717, 1.165) is 5.16 Å². The molecular weight excluding hydrogens is 248 g/mol. The maximum absolute atomic E-state index is 11.7. The molecule has 1 aliphatic rings. The van der Waals surface area contributed by atoms with E-state index in [1.165, 1.54) is 12.8 Å². The smallest absolute Gasteiger partial charge is 0.317 e. The van der Waals surface area contributed by atoms with Gasteiger partial charge in [-0.05, 0) is 39.7 Å². The molecule has 0 aromatic carbocycles. The number of aromatic amines is 1. The first kappa shape index (κ1) is 13.7. The molecule has 1 aliphatic carbocycles. The average molecular weight is 270 g/mol. The molecule has 0 aliphatic heterocycles. The van der Waals surface area contributed by atoms with Crippen molar-refractivity contribution in [2.45, 2.75) is 56.1 Å². The molecule has 1 heterocycles. The van der Waals surface area contributed by atoms with Crippen molar-refractivity contribution >= 4 is 11.8 Å². The van der Waals surface area contributed by atoms with Gasteiger partial charge in [-0.3, -0.25) is 4.57 Å². The number of nitrogens with zero attached hydrogens (tertiary/aromatic N) is 2. The van der Waals surface area contributed by atoms with E-state index in [4.69, 9.17) is 0 Å². The van der Waals surface area contributed by atoms with Gasteiger partial charge < -0.3 is 5.32 Å². The Morgan fingerprint density at radius 3 is 2.78 bits per heavy atom. The summed E-state index contributed by atoms with van der Waals surface area (Å²) in [7, 11) is 2.02. The van der Waals surface area contributed by atoms with Crippen LogP contribution in [0.3, 0.4) is 0 Å². The Hall–Kier alpha value is -0.750. The van der Waals surface area contributed by atoms with Crippen LogP contribution in [0.1, 0.15) is 39.7 Å². The standard InChI is InChI=1S/C12H22N4OS/c1-7(2)16-11(17)14-15-12(16)18-10-6-5-9(13-4)8(10)3/h7-10,13H,5-6H2,1-4H3,(H,14,17). The molecule has 1 aromatic heterocycles. The van der Waals surface area contributed by atoms with Gasteiger partial charge in [-0.1, -0.05) is 18.7 Å². The van der Waals surface area contributed by atoms with E-state index in [0.29, 0.717) is 17.2 Å². The zero-order chi connectivity index (χ0) is 13.3. The summed E-state index contributed by atoms with van der Waals surface area (Å²) in [5, 5.41) is 11.4. The highest BCUT2D eigenvalue weighted by atomic mass is 32.2. The van der Waals surface area contributed by atoms with Crippen LogP contribution in [-0.2, 0) is 0 Å². The molecule has 6 heteroatoms. The first-order valence-electron chi connectivity index (χ1n) is 6.55. The second-order valence-electron chi connectivity index (χ2n) is 5.26. The van der Waals surface area contributed by atoms with Crippen molar-refractivity contribution in [1.29, 1.82) is 0 Å². The van der Waals surface area contributed by atoms with Gasteiger partial charge in [0, 0.05) is 17.3 Å². The molecule has 2 N–H and O–H groups in total. The molecule has 102 valence electrons. The SMILES string of the molecule is CNC1CCC(Sc2n[nH]c(=O)n2C(C)C)C1C. The van der Waals surface area contributed by atoms with Crippen molar-refractivity contribution in [3.8, 4) is 0 Å². The minimum atomic E-state index is -0.108. The van der Waals surface area contributed by atoms with E-state index in [1.807, 2.05) is 20.9 Å². The number of hydrogen-bond donors (Lipinski definition) is 2. The number of aromatic nitrogens is 3. The summed E-state index contributed by atoms with van der Waals surface area (Å²) in [6, 6.07) is 0.733. The van der Waals surface area contributed by atoms with E-state index in [9.17, 15) is 4.79 Å². The van der Waals surface area contributed by atoms with Crippen LogP contribution in [-0.4, -0.2) is 33.1 Å². The van der Waals surface area contributed by atoms with Crippen LogP contribution >= 0.6 is 11.8 Å². The minimum absolute atomic E-state index is 0.108. The lowest BCUT2D eigenvalue weighted by molar-refractivity contribution is 0.462. The van der Waals surface area contributed by atoms with Gasteiger partial charge in [-0.25, -0.2) is 9.89 Å². The van der Waals surface area contributed by atoms with Crippen LogP contribution in [0.4, 0.5) is 0 Å². The largest absolute Gasteiger partial charge is 0.344 e. The van der Waals surface area contributed by atoms with Crippen LogP contribution in [0.15, 0.2) is 9.95 Å². The normalized spacial score (nSPS) is 28.2. The van der Waals surface area contributed by atoms with Gasteiger partial charge in [0.2, 0.25) is 0 Å². The van der Waals surface area contributed by atoms with E-state index < -0.39 is 0 Å². The molecule has 3 unspecified atom stereocenters. The second kappa shape index (κ2) is 5.48. The maximum atomic E-state index is 11.7. The lowest BCUT2D eigenvalue weighted by atomic mass is 10.1. The first-order valence-corrected chi connectivity index (χ1v) is 7.43. The molecule has 0 radical (unpaired) electrons. The highest BCUT2D eigenvalue weighted by Crippen LogP contribution is 2.38. The molecule has 3 atom stereocenters. The topological polar surface area (TPSA) is 62.7 Å². The average Bonchev–Trinajstić information content (AvgIpc) is 2.84. The molecule has 1 saturated carbocycles. The molecule has 0 bridgehead atoms. The van der Waals surface area contributed by atoms with Gasteiger partial charge in [0.25, 0.3) is 0 Å². The van der Waals surface area contributed by atoms with E-state index >= 15 is 0 Å². The zero-order valence-electron chi connectivity index (χ0n) is 11.4. The molecule has 0 amide bonds. The third-order valence-corrected chi connectivity index (χ3v) is 5.27. The lowest BCUT2D eigenvalue weighted by Gasteiger charge is -2.20. The van der Waals surface area contributed by atoms with E-state index in [-0.39, 0.29) is 11.7 Å². The quantitative estimate of drug-likeness (QED) is 0.873. The summed E-state index contributed by atoms with van der Waals surface area (Å²) in [5.74, 6) is 0.604. The van der Waals surface area contributed by atoms with Gasteiger partial charge in [0.05, 0.1) is 0 Å². The van der Waals surface area contributed by atoms with Gasteiger partial charge in [0.15, 0.2) is 5.16 Å². The Morgan fingerprint density at radius 2 is 2.22 bits per heavy atom. The second-order valence-corrected chi connectivity index (χ2v) is 6.47. The summed E-state index contributed by atoms with van der Waals surface area (Å²) in [4.78, 5) is 11.7. The number of rotatable bonds is 4. The minimum Gasteiger partial charge on any atom is -0.317 e. The van der Waals surface area contributed by atoms with Crippen molar-refractivity contribution in [3.63, 3.8) is 0 Å².